The van der Waals surface area contributed by atoms with E-state index >= 15 is 0 Å². The molecule has 0 unspecified atom stereocenters. The molecule has 0 saturated carbocycles. The number of aromatic nitrogens is 1. The number of fused-ring (bicyclic) bond motifs is 1. The van der Waals surface area contributed by atoms with Crippen LogP contribution in [0.4, 0.5) is 19.0 Å². The third-order valence-corrected chi connectivity index (χ3v) is 4.22. The Balaban J connectivity index is 1.37. The highest BCUT2D eigenvalue weighted by atomic mass is 19.4. The van der Waals surface area contributed by atoms with Crippen LogP contribution in [0.5, 0.6) is 0 Å². The van der Waals surface area contributed by atoms with Gasteiger partial charge in [-0.05, 0) is 24.6 Å². The van der Waals surface area contributed by atoms with E-state index in [4.69, 9.17) is 4.74 Å². The van der Waals surface area contributed by atoms with Crippen molar-refractivity contribution in [3.05, 3.63) is 59.3 Å². The number of pyridine rings is 1. The predicted molar refractivity (Wildman–Crippen MR) is 94.6 cm³/mol. The lowest BCUT2D eigenvalue weighted by Crippen LogP contribution is -2.27. The molecule has 28 heavy (non-hydrogen) atoms. The van der Waals surface area contributed by atoms with Gasteiger partial charge in [-0.25, -0.2) is 9.78 Å². The number of benzene rings is 1. The van der Waals surface area contributed by atoms with Gasteiger partial charge in [0.25, 0.3) is 0 Å². The largest absolute Gasteiger partial charge is 0.453 e. The summed E-state index contributed by atoms with van der Waals surface area (Å²) in [5.41, 5.74) is 0.380. The van der Waals surface area contributed by atoms with Crippen molar-refractivity contribution in [2.45, 2.75) is 25.1 Å². The molecule has 1 aliphatic heterocycles. The Hall–Kier alpha value is -3.10. The van der Waals surface area contributed by atoms with Crippen LogP contribution in [0.15, 0.2) is 42.6 Å². The topological polar surface area (TPSA) is 80.3 Å². The molecule has 0 radical (unpaired) electrons. The number of nitrogens with one attached hydrogen (secondary N) is 2. The van der Waals surface area contributed by atoms with Gasteiger partial charge in [-0.1, -0.05) is 18.2 Å². The van der Waals surface area contributed by atoms with Crippen molar-refractivity contribution in [1.82, 2.24) is 10.3 Å². The van der Waals surface area contributed by atoms with Crippen LogP contribution in [0, 0.1) is 0 Å². The number of hydrogen-bond acceptors (Lipinski definition) is 5. The normalized spacial score (nSPS) is 15.7. The fourth-order valence-electron chi connectivity index (χ4n) is 2.81. The van der Waals surface area contributed by atoms with Gasteiger partial charge >= 0.3 is 12.1 Å². The summed E-state index contributed by atoms with van der Waals surface area (Å²) in [4.78, 5) is 27.5. The molecule has 0 saturated heterocycles. The van der Waals surface area contributed by atoms with Gasteiger partial charge in [0.2, 0.25) is 5.91 Å². The number of carbonyl (C=O) groups excluding carboxylic acids is 2. The molecular formula is C19H18F3N3O3. The van der Waals surface area contributed by atoms with Crippen molar-refractivity contribution < 1.29 is 27.5 Å². The fourth-order valence-corrected chi connectivity index (χ4v) is 2.81. The first-order valence-corrected chi connectivity index (χ1v) is 8.68. The summed E-state index contributed by atoms with van der Waals surface area (Å²) in [5, 5.41) is 5.62. The van der Waals surface area contributed by atoms with Gasteiger partial charge in [0.05, 0.1) is 17.5 Å². The van der Waals surface area contributed by atoms with E-state index in [2.05, 4.69) is 15.6 Å². The van der Waals surface area contributed by atoms with E-state index in [9.17, 15) is 22.8 Å². The zero-order valence-corrected chi connectivity index (χ0v) is 14.8. The first-order valence-electron chi connectivity index (χ1n) is 8.68. The number of amides is 1. The minimum Gasteiger partial charge on any atom is -0.453 e. The number of esters is 1. The minimum atomic E-state index is -4.41. The van der Waals surface area contributed by atoms with Crippen LogP contribution in [0.3, 0.4) is 0 Å². The maximum atomic E-state index is 12.5. The molecule has 1 amide bonds. The average molecular weight is 393 g/mol. The molecule has 0 spiro atoms. The molecule has 0 fully saturated rings. The summed E-state index contributed by atoms with van der Waals surface area (Å²) in [6.07, 6.45) is -3.64. The standard InChI is InChI=1S/C19H18F3N3O3/c20-19(21,22)12-6-7-16(25-11-12)23-8-3-9-24-17(26)10-15-13-4-1-2-5-14(13)18(27)28-15/h1-2,4-7,11,15H,3,8-10H2,(H,23,25)(H,24,26)/t15-/m1/s1. The third-order valence-electron chi connectivity index (χ3n) is 4.22. The van der Waals surface area contributed by atoms with E-state index in [1.54, 1.807) is 24.3 Å². The molecule has 9 heteroatoms. The van der Waals surface area contributed by atoms with Gasteiger partial charge in [-0.3, -0.25) is 4.79 Å². The van der Waals surface area contributed by atoms with Gasteiger partial charge < -0.3 is 15.4 Å². The maximum Gasteiger partial charge on any atom is 0.417 e. The lowest BCUT2D eigenvalue weighted by molar-refractivity contribution is -0.137. The molecule has 1 aliphatic rings. The van der Waals surface area contributed by atoms with Gasteiger partial charge in [-0.15, -0.1) is 0 Å². The zero-order chi connectivity index (χ0) is 20.1. The lowest BCUT2D eigenvalue weighted by Gasteiger charge is -2.11. The second-order valence-electron chi connectivity index (χ2n) is 6.25. The van der Waals surface area contributed by atoms with Crippen molar-refractivity contribution in [2.24, 2.45) is 0 Å². The van der Waals surface area contributed by atoms with E-state index in [0.29, 0.717) is 36.5 Å². The Labute approximate surface area is 159 Å². The Bertz CT molecular complexity index is 853. The van der Waals surface area contributed by atoms with Crippen LogP contribution in [0.1, 0.15) is 40.4 Å². The van der Waals surface area contributed by atoms with Crippen LogP contribution >= 0.6 is 0 Å². The summed E-state index contributed by atoms with van der Waals surface area (Å²) in [6, 6.07) is 9.16. The van der Waals surface area contributed by atoms with Crippen LogP contribution in [0.2, 0.25) is 0 Å². The minimum absolute atomic E-state index is 0.0383. The lowest BCUT2D eigenvalue weighted by atomic mass is 10.0. The van der Waals surface area contributed by atoms with Crippen LogP contribution in [0.25, 0.3) is 0 Å². The van der Waals surface area contributed by atoms with Crippen molar-refractivity contribution in [3.8, 4) is 0 Å². The van der Waals surface area contributed by atoms with E-state index in [0.717, 1.165) is 12.3 Å². The summed E-state index contributed by atoms with van der Waals surface area (Å²) < 4.78 is 42.6. The van der Waals surface area contributed by atoms with Gasteiger partial charge in [-0.2, -0.15) is 13.2 Å². The molecule has 1 aromatic carbocycles. The molecule has 0 bridgehead atoms. The number of carbonyl (C=O) groups is 2. The van der Waals surface area contributed by atoms with E-state index in [-0.39, 0.29) is 12.3 Å². The molecule has 2 aromatic rings. The Kier molecular flexibility index (Phi) is 5.81. The number of hydrogen-bond donors (Lipinski definition) is 2. The number of alkyl halides is 3. The summed E-state index contributed by atoms with van der Waals surface area (Å²) in [7, 11) is 0. The second-order valence-corrected chi connectivity index (χ2v) is 6.25. The van der Waals surface area contributed by atoms with E-state index in [1.165, 1.54) is 6.07 Å². The highest BCUT2D eigenvalue weighted by molar-refractivity contribution is 5.94. The summed E-state index contributed by atoms with van der Waals surface area (Å²) in [5.74, 6) is -0.349. The van der Waals surface area contributed by atoms with Crippen molar-refractivity contribution in [2.75, 3.05) is 18.4 Å². The highest BCUT2D eigenvalue weighted by Crippen LogP contribution is 2.32. The predicted octanol–water partition coefficient (Wildman–Crippen LogP) is 3.32. The van der Waals surface area contributed by atoms with Gasteiger partial charge in [0, 0.05) is 24.8 Å². The van der Waals surface area contributed by atoms with Crippen LogP contribution in [-0.2, 0) is 15.7 Å². The molecule has 6 nitrogen and oxygen atoms in total. The first kappa shape index (κ1) is 19.7. The molecule has 1 atom stereocenters. The highest BCUT2D eigenvalue weighted by Gasteiger charge is 2.32. The van der Waals surface area contributed by atoms with Gasteiger partial charge in [0.1, 0.15) is 11.9 Å². The van der Waals surface area contributed by atoms with Crippen molar-refractivity contribution >= 4 is 17.7 Å². The van der Waals surface area contributed by atoms with Crippen LogP contribution in [-0.4, -0.2) is 29.9 Å². The SMILES string of the molecule is O=C(C[C@H]1OC(=O)c2ccccc21)NCCCNc1ccc(C(F)(F)F)cn1. The quantitative estimate of drug-likeness (QED) is 0.557. The Morgan fingerprint density at radius 1 is 1.14 bits per heavy atom. The zero-order valence-electron chi connectivity index (χ0n) is 14.8. The first-order chi connectivity index (χ1) is 13.3. The van der Waals surface area contributed by atoms with Crippen molar-refractivity contribution in [3.63, 3.8) is 0 Å². The second kappa shape index (κ2) is 8.28. The Morgan fingerprint density at radius 3 is 2.64 bits per heavy atom. The number of halogens is 3. The summed E-state index contributed by atoms with van der Waals surface area (Å²) in [6.45, 7) is 0.800. The number of ether oxygens (including phenoxy) is 1. The summed E-state index contributed by atoms with van der Waals surface area (Å²) >= 11 is 0. The van der Waals surface area contributed by atoms with Gasteiger partial charge in [0.15, 0.2) is 0 Å². The Morgan fingerprint density at radius 2 is 1.93 bits per heavy atom. The van der Waals surface area contributed by atoms with E-state index in [1.807, 2.05) is 0 Å². The average Bonchev–Trinajstić information content (AvgIpc) is 2.97. The molecule has 3 rings (SSSR count). The molecule has 2 heterocycles. The van der Waals surface area contributed by atoms with Crippen LogP contribution < -0.4 is 10.6 Å². The molecular weight excluding hydrogens is 375 g/mol. The molecule has 1 aromatic heterocycles. The number of nitrogens with zero attached hydrogens (tertiary/aromatic N) is 1. The molecule has 148 valence electrons. The molecule has 2 N–H and O–H groups in total. The number of rotatable bonds is 7. The molecule has 0 aliphatic carbocycles. The third kappa shape index (κ3) is 4.79. The van der Waals surface area contributed by atoms with Crippen molar-refractivity contribution in [1.29, 1.82) is 0 Å². The van der Waals surface area contributed by atoms with E-state index < -0.39 is 23.8 Å². The number of anilines is 1. The fraction of sp³-hybridized carbons (Fsp3) is 0.316. The smallest absolute Gasteiger partial charge is 0.417 e. The number of cyclic esters (lactones) is 1. The monoisotopic (exact) mass is 393 g/mol. The maximum absolute atomic E-state index is 12.5.